The highest BCUT2D eigenvalue weighted by Gasteiger charge is 2.22. The lowest BCUT2D eigenvalue weighted by atomic mass is 10.2. The van der Waals surface area contributed by atoms with Crippen molar-refractivity contribution in [1.29, 1.82) is 0 Å². The van der Waals surface area contributed by atoms with Crippen molar-refractivity contribution in [2.75, 3.05) is 19.5 Å². The van der Waals surface area contributed by atoms with E-state index in [0.29, 0.717) is 4.47 Å². The van der Waals surface area contributed by atoms with E-state index < -0.39 is 15.9 Å². The van der Waals surface area contributed by atoms with Gasteiger partial charge in [-0.1, -0.05) is 12.1 Å². The molecule has 0 fully saturated rings. The van der Waals surface area contributed by atoms with E-state index >= 15 is 0 Å². The summed E-state index contributed by atoms with van der Waals surface area (Å²) in [5.74, 6) is -0.439. The van der Waals surface area contributed by atoms with Crippen molar-refractivity contribution in [2.24, 2.45) is 0 Å². The van der Waals surface area contributed by atoms with Gasteiger partial charge in [0.25, 0.3) is 5.91 Å². The highest BCUT2D eigenvalue weighted by Crippen LogP contribution is 2.25. The summed E-state index contributed by atoms with van der Waals surface area (Å²) in [4.78, 5) is 16.8. The summed E-state index contributed by atoms with van der Waals surface area (Å²) in [5, 5.41) is 0. The second-order valence-electron chi connectivity index (χ2n) is 5.48. The van der Waals surface area contributed by atoms with Crippen LogP contribution in [0, 0.1) is 0 Å². The molecule has 3 aromatic rings. The quantitative estimate of drug-likeness (QED) is 0.699. The molecule has 0 saturated carbocycles. The molecule has 0 bridgehead atoms. The van der Waals surface area contributed by atoms with Gasteiger partial charge in [0.05, 0.1) is 15.9 Å². The Labute approximate surface area is 153 Å². The van der Waals surface area contributed by atoms with Gasteiger partial charge in [-0.25, -0.2) is 22.4 Å². The van der Waals surface area contributed by atoms with Crippen molar-refractivity contribution >= 4 is 42.9 Å². The van der Waals surface area contributed by atoms with Crippen molar-refractivity contribution in [2.45, 2.75) is 4.90 Å². The predicted octanol–water partition coefficient (Wildman–Crippen LogP) is 2.43. The van der Waals surface area contributed by atoms with E-state index in [9.17, 15) is 13.2 Å². The van der Waals surface area contributed by atoms with Crippen molar-refractivity contribution in [3.63, 3.8) is 0 Å². The van der Waals surface area contributed by atoms with Crippen LogP contribution in [-0.4, -0.2) is 42.4 Å². The second-order valence-corrected chi connectivity index (χ2v) is 8.45. The molecule has 130 valence electrons. The number of fused-ring (bicyclic) bond motifs is 1. The molecule has 2 aromatic carbocycles. The van der Waals surface area contributed by atoms with Gasteiger partial charge in [-0.2, -0.15) is 0 Å². The molecule has 7 nitrogen and oxygen atoms in total. The van der Waals surface area contributed by atoms with Gasteiger partial charge >= 0.3 is 0 Å². The van der Waals surface area contributed by atoms with E-state index in [1.54, 1.807) is 6.07 Å². The van der Waals surface area contributed by atoms with Crippen LogP contribution in [0.5, 0.6) is 0 Å². The molecule has 1 N–H and O–H groups in total. The molecule has 1 aromatic heterocycles. The van der Waals surface area contributed by atoms with Crippen LogP contribution in [0.25, 0.3) is 11.0 Å². The highest BCUT2D eigenvalue weighted by atomic mass is 79.9. The van der Waals surface area contributed by atoms with Crippen LogP contribution in [0.15, 0.2) is 58.2 Å². The third-order valence-electron chi connectivity index (χ3n) is 3.63. The molecule has 0 spiro atoms. The average Bonchev–Trinajstić information content (AvgIpc) is 2.98. The maximum absolute atomic E-state index is 12.5. The number of imidazole rings is 1. The maximum atomic E-state index is 12.5. The van der Waals surface area contributed by atoms with Gasteiger partial charge in [0.15, 0.2) is 0 Å². The van der Waals surface area contributed by atoms with Crippen molar-refractivity contribution < 1.29 is 13.2 Å². The number of halogens is 1. The Bertz CT molecular complexity index is 1060. The number of sulfonamides is 1. The first-order chi connectivity index (χ1) is 11.8. The van der Waals surface area contributed by atoms with Crippen LogP contribution in [0.4, 0.5) is 0 Å². The number of carbonyl (C=O) groups is 1. The van der Waals surface area contributed by atoms with Crippen molar-refractivity contribution in [3.05, 3.63) is 58.8 Å². The van der Waals surface area contributed by atoms with E-state index in [4.69, 9.17) is 0 Å². The van der Waals surface area contributed by atoms with Gasteiger partial charge in [0.2, 0.25) is 10.0 Å². The van der Waals surface area contributed by atoms with E-state index in [1.165, 1.54) is 37.2 Å². The topological polar surface area (TPSA) is 84.3 Å². The van der Waals surface area contributed by atoms with Gasteiger partial charge in [0.1, 0.15) is 6.33 Å². The average molecular weight is 423 g/mol. The molecule has 0 atom stereocenters. The first-order valence-electron chi connectivity index (χ1n) is 7.26. The number of nitrogens with one attached hydrogen (secondary N) is 1. The third-order valence-corrected chi connectivity index (χ3v) is 6.44. The molecule has 3 rings (SSSR count). The smallest absolute Gasteiger partial charge is 0.267 e. The Morgan fingerprint density at radius 3 is 2.64 bits per heavy atom. The number of aromatic nitrogens is 2. The fourth-order valence-corrected chi connectivity index (χ4v) is 4.11. The Kier molecular flexibility index (Phi) is 4.63. The van der Waals surface area contributed by atoms with Crippen LogP contribution in [0.2, 0.25) is 0 Å². The normalized spacial score (nSPS) is 11.8. The van der Waals surface area contributed by atoms with Crippen LogP contribution in [-0.2, 0) is 10.0 Å². The lowest BCUT2D eigenvalue weighted by Gasteiger charge is -2.14. The largest absolute Gasteiger partial charge is 0.270 e. The minimum atomic E-state index is -3.67. The molecule has 0 aliphatic carbocycles. The fraction of sp³-hybridized carbons (Fsp3) is 0.125. The Balaban J connectivity index is 1.96. The van der Waals surface area contributed by atoms with E-state index in [1.807, 2.05) is 24.3 Å². The molecule has 25 heavy (non-hydrogen) atoms. The van der Waals surface area contributed by atoms with Gasteiger partial charge in [-0.15, -0.1) is 0 Å². The Morgan fingerprint density at radius 1 is 1.20 bits per heavy atom. The summed E-state index contributed by atoms with van der Waals surface area (Å²) in [6, 6.07) is 11.8. The number of amides is 1. The number of para-hydroxylation sites is 2. The SMILES string of the molecule is CN(C)S(=O)(=O)c1cc(C(=O)Nn2cnc3ccccc32)ccc1Br. The van der Waals surface area contributed by atoms with Crippen LogP contribution < -0.4 is 5.43 Å². The van der Waals surface area contributed by atoms with Gasteiger partial charge in [0, 0.05) is 24.1 Å². The summed E-state index contributed by atoms with van der Waals surface area (Å²) in [6.45, 7) is 0. The van der Waals surface area contributed by atoms with Gasteiger partial charge in [-0.3, -0.25) is 10.2 Å². The molecule has 1 amide bonds. The zero-order valence-corrected chi connectivity index (χ0v) is 15.9. The molecule has 0 unspecified atom stereocenters. The van der Waals surface area contributed by atoms with E-state index in [-0.39, 0.29) is 10.5 Å². The summed E-state index contributed by atoms with van der Waals surface area (Å²) < 4.78 is 27.7. The number of hydrogen-bond donors (Lipinski definition) is 1. The molecule has 0 radical (unpaired) electrons. The lowest BCUT2D eigenvalue weighted by molar-refractivity contribution is 0.101. The summed E-state index contributed by atoms with van der Waals surface area (Å²) >= 11 is 3.22. The molecule has 0 aliphatic heterocycles. The molecule has 0 aliphatic rings. The first kappa shape index (κ1) is 17.6. The molecular weight excluding hydrogens is 408 g/mol. The predicted molar refractivity (Wildman–Crippen MR) is 98.4 cm³/mol. The summed E-state index contributed by atoms with van der Waals surface area (Å²) in [7, 11) is -0.800. The second kappa shape index (κ2) is 6.58. The molecule has 0 saturated heterocycles. The maximum Gasteiger partial charge on any atom is 0.270 e. The first-order valence-corrected chi connectivity index (χ1v) is 9.49. The van der Waals surface area contributed by atoms with Crippen LogP contribution in [0.3, 0.4) is 0 Å². The standard InChI is InChI=1S/C16H15BrN4O3S/c1-20(2)25(23,24)15-9-11(7-8-12(15)17)16(22)19-21-10-18-13-5-3-4-6-14(13)21/h3-10H,1-2H3,(H,19,22). The molecule has 1 heterocycles. The number of hydrogen-bond acceptors (Lipinski definition) is 4. The van der Waals surface area contributed by atoms with Gasteiger partial charge < -0.3 is 0 Å². The Hall–Kier alpha value is -2.23. The zero-order valence-electron chi connectivity index (χ0n) is 13.5. The lowest BCUT2D eigenvalue weighted by Crippen LogP contribution is -2.25. The Morgan fingerprint density at radius 2 is 1.92 bits per heavy atom. The molecular formula is C16H15BrN4O3S. The van der Waals surface area contributed by atoms with Crippen molar-refractivity contribution in [3.8, 4) is 0 Å². The molecule has 9 heteroatoms. The number of benzene rings is 2. The summed E-state index contributed by atoms with van der Waals surface area (Å²) in [6.07, 6.45) is 1.50. The third kappa shape index (κ3) is 3.30. The fourth-order valence-electron chi connectivity index (χ4n) is 2.26. The number of carbonyl (C=O) groups excluding carboxylic acids is 1. The summed E-state index contributed by atoms with van der Waals surface area (Å²) in [5.41, 5.74) is 4.41. The number of nitrogens with zero attached hydrogens (tertiary/aromatic N) is 3. The minimum absolute atomic E-state index is 0.0284. The highest BCUT2D eigenvalue weighted by molar-refractivity contribution is 9.10. The number of rotatable bonds is 4. The zero-order chi connectivity index (χ0) is 18.2. The van der Waals surface area contributed by atoms with Crippen molar-refractivity contribution in [1.82, 2.24) is 14.0 Å². The van der Waals surface area contributed by atoms with Crippen LogP contribution in [0.1, 0.15) is 10.4 Å². The van der Waals surface area contributed by atoms with Gasteiger partial charge in [-0.05, 0) is 46.3 Å². The van der Waals surface area contributed by atoms with Crippen LogP contribution >= 0.6 is 15.9 Å². The van der Waals surface area contributed by atoms with E-state index in [2.05, 4.69) is 26.3 Å². The van der Waals surface area contributed by atoms with E-state index in [0.717, 1.165) is 15.3 Å². The minimum Gasteiger partial charge on any atom is -0.267 e. The monoisotopic (exact) mass is 422 g/mol.